The fourth-order valence-electron chi connectivity index (χ4n) is 0.804. The summed E-state index contributed by atoms with van der Waals surface area (Å²) in [5.74, 6) is -0.148. The van der Waals surface area contributed by atoms with Crippen molar-refractivity contribution < 1.29 is 9.90 Å². The van der Waals surface area contributed by atoms with Gasteiger partial charge >= 0.3 is 0 Å². The third-order valence-corrected chi connectivity index (χ3v) is 1.40. The second kappa shape index (κ2) is 3.03. The second-order valence-electron chi connectivity index (χ2n) is 2.06. The van der Waals surface area contributed by atoms with E-state index in [-0.39, 0.29) is 18.3 Å². The first-order valence-corrected chi connectivity index (χ1v) is 2.65. The van der Waals surface area contributed by atoms with Gasteiger partial charge in [-0.2, -0.15) is 0 Å². The maximum Gasteiger partial charge on any atom is 0.251 e. The largest absolute Gasteiger partial charge is 0.383 e. The molecule has 1 saturated heterocycles. The van der Waals surface area contributed by atoms with Crippen LogP contribution in [-0.2, 0) is 4.79 Å². The number of carbonyl (C=O) groups is 1. The van der Waals surface area contributed by atoms with Crippen LogP contribution in [0.3, 0.4) is 0 Å². The molecule has 4 heteroatoms. The molecule has 0 aliphatic carbocycles. The van der Waals surface area contributed by atoms with Crippen molar-refractivity contribution >= 4 is 18.3 Å². The van der Waals surface area contributed by atoms with E-state index >= 15 is 0 Å². The highest BCUT2D eigenvalue weighted by atomic mass is 35.5. The molecule has 54 valence electrons. The smallest absolute Gasteiger partial charge is 0.251 e. The minimum Gasteiger partial charge on any atom is -0.383 e. The molecule has 1 fully saturated rings. The van der Waals surface area contributed by atoms with E-state index in [0.29, 0.717) is 13.0 Å². The maximum atomic E-state index is 10.6. The molecule has 1 amide bonds. The summed E-state index contributed by atoms with van der Waals surface area (Å²) in [5, 5.41) is 8.78. The zero-order chi connectivity index (χ0) is 6.15. The van der Waals surface area contributed by atoms with Gasteiger partial charge in [0.2, 0.25) is 0 Å². The number of carbonyl (C=O) groups excluding carboxylic acids is 1. The molecule has 0 spiro atoms. The van der Waals surface area contributed by atoms with Crippen molar-refractivity contribution in [3.8, 4) is 0 Å². The molecule has 1 heterocycles. The number of rotatable bonds is 0. The van der Waals surface area contributed by atoms with Gasteiger partial charge in [-0.15, -0.1) is 12.4 Å². The van der Waals surface area contributed by atoms with Gasteiger partial charge in [-0.1, -0.05) is 0 Å². The Bertz CT molecular complexity index is 106. The lowest BCUT2D eigenvalue weighted by Crippen LogP contribution is -2.24. The van der Waals surface area contributed by atoms with Crippen molar-refractivity contribution in [2.45, 2.75) is 12.5 Å². The van der Waals surface area contributed by atoms with Crippen LogP contribution in [-0.4, -0.2) is 35.6 Å². The number of amides is 1. The molecule has 0 aromatic heterocycles. The van der Waals surface area contributed by atoms with Gasteiger partial charge in [0.25, 0.3) is 5.91 Å². The lowest BCUT2D eigenvalue weighted by atomic mass is 10.3. The summed E-state index contributed by atoms with van der Waals surface area (Å²) in [4.78, 5) is 12.1. The predicted octanol–water partition coefficient (Wildman–Crippen LogP) is -0.369. The molecule has 0 bridgehead atoms. The second-order valence-corrected chi connectivity index (χ2v) is 2.06. The average molecular weight is 152 g/mol. The van der Waals surface area contributed by atoms with Crippen LogP contribution < -0.4 is 0 Å². The summed E-state index contributed by atoms with van der Waals surface area (Å²) in [6.45, 7) is 0.694. The van der Waals surface area contributed by atoms with Crippen LogP contribution in [0, 0.1) is 0 Å². The van der Waals surface area contributed by atoms with Crippen LogP contribution in [0.4, 0.5) is 0 Å². The summed E-state index contributed by atoms with van der Waals surface area (Å²) in [6.07, 6.45) is -0.130. The van der Waals surface area contributed by atoms with E-state index in [9.17, 15) is 4.79 Å². The van der Waals surface area contributed by atoms with E-state index < -0.39 is 6.10 Å². The van der Waals surface area contributed by atoms with Crippen LogP contribution in [0.1, 0.15) is 6.42 Å². The number of hydrogen-bond acceptors (Lipinski definition) is 2. The molecule has 1 aliphatic heterocycles. The third kappa shape index (κ3) is 1.56. The standard InChI is InChI=1S/C5H9NO2.ClH/c1-6-3-2-4(7)5(6)8;/h4,7H,2-3H2,1H3;1H. The van der Waals surface area contributed by atoms with Crippen molar-refractivity contribution in [2.24, 2.45) is 0 Å². The number of aliphatic hydroxyl groups excluding tert-OH is 1. The first-order valence-electron chi connectivity index (χ1n) is 2.65. The summed E-state index contributed by atoms with van der Waals surface area (Å²) >= 11 is 0. The Labute approximate surface area is 60.1 Å². The van der Waals surface area contributed by atoms with Crippen LogP contribution in [0.5, 0.6) is 0 Å². The first kappa shape index (κ1) is 8.72. The van der Waals surface area contributed by atoms with Gasteiger partial charge < -0.3 is 10.0 Å². The molecule has 1 aliphatic rings. The molecular weight excluding hydrogens is 142 g/mol. The minimum absolute atomic E-state index is 0. The van der Waals surface area contributed by atoms with Crippen molar-refractivity contribution in [1.29, 1.82) is 0 Å². The summed E-state index contributed by atoms with van der Waals surface area (Å²) in [7, 11) is 1.69. The summed E-state index contributed by atoms with van der Waals surface area (Å²) < 4.78 is 0. The van der Waals surface area contributed by atoms with E-state index in [4.69, 9.17) is 5.11 Å². The van der Waals surface area contributed by atoms with E-state index in [1.807, 2.05) is 0 Å². The van der Waals surface area contributed by atoms with Crippen molar-refractivity contribution in [3.63, 3.8) is 0 Å². The fourth-order valence-corrected chi connectivity index (χ4v) is 0.804. The van der Waals surface area contributed by atoms with E-state index in [1.54, 1.807) is 7.05 Å². The SMILES string of the molecule is CN1CCC(O)C1=O.Cl. The van der Waals surface area contributed by atoms with Gasteiger partial charge in [0, 0.05) is 13.6 Å². The Hall–Kier alpha value is -0.280. The van der Waals surface area contributed by atoms with Crippen LogP contribution >= 0.6 is 12.4 Å². The van der Waals surface area contributed by atoms with Crippen molar-refractivity contribution in [2.75, 3.05) is 13.6 Å². The highest BCUT2D eigenvalue weighted by Crippen LogP contribution is 2.06. The molecule has 0 saturated carbocycles. The Morgan fingerprint density at radius 3 is 2.44 bits per heavy atom. The van der Waals surface area contributed by atoms with Crippen LogP contribution in [0.2, 0.25) is 0 Å². The number of nitrogens with zero attached hydrogens (tertiary/aromatic N) is 1. The van der Waals surface area contributed by atoms with E-state index in [0.717, 1.165) is 0 Å². The predicted molar refractivity (Wildman–Crippen MR) is 35.5 cm³/mol. The lowest BCUT2D eigenvalue weighted by molar-refractivity contribution is -0.133. The average Bonchev–Trinajstić information content (AvgIpc) is 1.98. The molecule has 0 aromatic rings. The fraction of sp³-hybridized carbons (Fsp3) is 0.800. The molecule has 1 unspecified atom stereocenters. The number of halogens is 1. The number of likely N-dealkylation sites (tertiary alicyclic amines) is 1. The number of hydrogen-bond donors (Lipinski definition) is 1. The number of likely N-dealkylation sites (N-methyl/N-ethyl adjacent to an activating group) is 1. The zero-order valence-electron chi connectivity index (χ0n) is 5.20. The van der Waals surface area contributed by atoms with Gasteiger partial charge in [-0.05, 0) is 6.42 Å². The van der Waals surface area contributed by atoms with E-state index in [1.165, 1.54) is 4.90 Å². The van der Waals surface area contributed by atoms with E-state index in [2.05, 4.69) is 0 Å². The molecule has 9 heavy (non-hydrogen) atoms. The van der Waals surface area contributed by atoms with Gasteiger partial charge in [0.15, 0.2) is 0 Å². The Balaban J connectivity index is 0.000000640. The Kier molecular flexibility index (Phi) is 2.94. The van der Waals surface area contributed by atoms with Gasteiger partial charge in [-0.3, -0.25) is 4.79 Å². The highest BCUT2D eigenvalue weighted by molar-refractivity contribution is 5.85. The minimum atomic E-state index is -0.722. The van der Waals surface area contributed by atoms with Gasteiger partial charge in [0.05, 0.1) is 0 Å². The molecule has 0 aromatic carbocycles. The molecule has 1 atom stereocenters. The highest BCUT2D eigenvalue weighted by Gasteiger charge is 2.25. The van der Waals surface area contributed by atoms with Crippen LogP contribution in [0.15, 0.2) is 0 Å². The molecular formula is C5H10ClNO2. The first-order chi connectivity index (χ1) is 3.72. The molecule has 1 N–H and O–H groups in total. The van der Waals surface area contributed by atoms with Crippen molar-refractivity contribution in [3.05, 3.63) is 0 Å². The topological polar surface area (TPSA) is 40.5 Å². The van der Waals surface area contributed by atoms with Gasteiger partial charge in [0.1, 0.15) is 6.10 Å². The van der Waals surface area contributed by atoms with Gasteiger partial charge in [-0.25, -0.2) is 0 Å². The molecule has 1 rings (SSSR count). The summed E-state index contributed by atoms with van der Waals surface area (Å²) in [5.41, 5.74) is 0. The third-order valence-electron chi connectivity index (χ3n) is 1.40. The monoisotopic (exact) mass is 151 g/mol. The van der Waals surface area contributed by atoms with Crippen LogP contribution in [0.25, 0.3) is 0 Å². The van der Waals surface area contributed by atoms with Crippen molar-refractivity contribution in [1.82, 2.24) is 4.90 Å². The Morgan fingerprint density at radius 1 is 1.78 bits per heavy atom. The maximum absolute atomic E-state index is 10.6. The molecule has 0 radical (unpaired) electrons. The summed E-state index contributed by atoms with van der Waals surface area (Å²) in [6, 6.07) is 0. The Morgan fingerprint density at radius 2 is 2.33 bits per heavy atom. The quantitative estimate of drug-likeness (QED) is 0.513. The lowest BCUT2D eigenvalue weighted by Gasteiger charge is -2.04. The molecule has 3 nitrogen and oxygen atoms in total. The zero-order valence-corrected chi connectivity index (χ0v) is 6.02. The normalized spacial score (nSPS) is 26.2. The number of aliphatic hydroxyl groups is 1.